The number of phenolic OH excluding ortho intramolecular Hbond substituents is 2. The molecule has 0 unspecified atom stereocenters. The van der Waals surface area contributed by atoms with Crippen LogP contribution in [0.4, 0.5) is 11.4 Å². The number of hydrogen-bond acceptors (Lipinski definition) is 4. The summed E-state index contributed by atoms with van der Waals surface area (Å²) in [5.41, 5.74) is 1.95. The van der Waals surface area contributed by atoms with Crippen molar-refractivity contribution in [2.45, 2.75) is 45.4 Å². The van der Waals surface area contributed by atoms with Gasteiger partial charge in [0, 0.05) is 17.4 Å². The molecular weight excluding hydrogens is 344 g/mol. The van der Waals surface area contributed by atoms with Gasteiger partial charge in [0.2, 0.25) is 0 Å². The van der Waals surface area contributed by atoms with Crippen molar-refractivity contribution in [1.29, 1.82) is 0 Å². The first-order valence-corrected chi connectivity index (χ1v) is 9.23. The first-order valence-electron chi connectivity index (χ1n) is 9.23. The first kappa shape index (κ1) is 20.3. The minimum Gasteiger partial charge on any atom is -0.504 e. The molecule has 144 valence electrons. The van der Waals surface area contributed by atoms with E-state index < -0.39 is 11.8 Å². The molecule has 0 aromatic heterocycles. The Labute approximate surface area is 159 Å². The highest BCUT2D eigenvalue weighted by Crippen LogP contribution is 2.27. The highest BCUT2D eigenvalue weighted by atomic mass is 16.3. The molecule has 0 bridgehead atoms. The summed E-state index contributed by atoms with van der Waals surface area (Å²) in [6, 6.07) is 11.2. The molecule has 6 heteroatoms. The van der Waals surface area contributed by atoms with Gasteiger partial charge in [0.25, 0.3) is 0 Å². The Bertz CT molecular complexity index is 772. The van der Waals surface area contributed by atoms with Crippen LogP contribution in [0.3, 0.4) is 0 Å². The second kappa shape index (κ2) is 10.2. The largest absolute Gasteiger partial charge is 0.504 e. The Morgan fingerprint density at radius 3 is 2.00 bits per heavy atom. The van der Waals surface area contributed by atoms with E-state index in [9.17, 15) is 19.8 Å². The van der Waals surface area contributed by atoms with Crippen molar-refractivity contribution in [2.75, 3.05) is 10.6 Å². The fraction of sp³-hybridized carbons (Fsp3) is 0.333. The molecule has 0 aliphatic carbocycles. The van der Waals surface area contributed by atoms with Gasteiger partial charge in [-0.2, -0.15) is 0 Å². The summed E-state index contributed by atoms with van der Waals surface area (Å²) < 4.78 is 0. The number of hydrogen-bond donors (Lipinski definition) is 4. The number of phenols is 2. The third-order valence-corrected chi connectivity index (χ3v) is 4.22. The zero-order valence-corrected chi connectivity index (χ0v) is 15.5. The van der Waals surface area contributed by atoms with Crippen LogP contribution in [-0.2, 0) is 16.0 Å². The number of unbranched alkanes of at least 4 members (excludes halogenated alkanes) is 4. The zero-order valence-electron chi connectivity index (χ0n) is 15.5. The summed E-state index contributed by atoms with van der Waals surface area (Å²) >= 11 is 0. The molecule has 0 saturated heterocycles. The standard InChI is InChI=1S/C21H26N2O4/c1-2-3-4-5-6-7-15-8-10-16(11-9-15)22-20(26)21(27)23-17-12-13-18(24)19(25)14-17/h8-14,24-25H,2-7H2,1H3,(H,22,26)(H,23,27). The van der Waals surface area contributed by atoms with Crippen molar-refractivity contribution >= 4 is 23.2 Å². The maximum atomic E-state index is 12.0. The highest BCUT2D eigenvalue weighted by molar-refractivity contribution is 6.43. The van der Waals surface area contributed by atoms with Crippen LogP contribution < -0.4 is 10.6 Å². The summed E-state index contributed by atoms with van der Waals surface area (Å²) in [7, 11) is 0. The maximum absolute atomic E-state index is 12.0. The molecule has 0 saturated carbocycles. The highest BCUT2D eigenvalue weighted by Gasteiger charge is 2.14. The first-order chi connectivity index (χ1) is 13.0. The third-order valence-electron chi connectivity index (χ3n) is 4.22. The van der Waals surface area contributed by atoms with Gasteiger partial charge in [-0.15, -0.1) is 0 Å². The number of amides is 2. The molecule has 2 amide bonds. The molecule has 4 N–H and O–H groups in total. The van der Waals surface area contributed by atoms with Crippen molar-refractivity contribution < 1.29 is 19.8 Å². The van der Waals surface area contributed by atoms with E-state index in [-0.39, 0.29) is 17.2 Å². The van der Waals surface area contributed by atoms with Crippen molar-refractivity contribution in [1.82, 2.24) is 0 Å². The van der Waals surface area contributed by atoms with Crippen LogP contribution in [0.5, 0.6) is 11.5 Å². The second-order valence-electron chi connectivity index (χ2n) is 6.47. The predicted molar refractivity (Wildman–Crippen MR) is 106 cm³/mol. The summed E-state index contributed by atoms with van der Waals surface area (Å²) in [6.45, 7) is 2.20. The van der Waals surface area contributed by atoms with Crippen LogP contribution in [0.15, 0.2) is 42.5 Å². The Kier molecular flexibility index (Phi) is 7.67. The molecule has 2 aromatic carbocycles. The van der Waals surface area contributed by atoms with E-state index in [0.717, 1.165) is 18.9 Å². The van der Waals surface area contributed by atoms with Gasteiger partial charge in [0.05, 0.1) is 0 Å². The Morgan fingerprint density at radius 1 is 0.778 bits per heavy atom. The molecule has 0 spiro atoms. The number of rotatable bonds is 8. The summed E-state index contributed by atoms with van der Waals surface area (Å²) in [5.74, 6) is -2.35. The molecular formula is C21H26N2O4. The van der Waals surface area contributed by atoms with E-state index in [1.807, 2.05) is 12.1 Å². The Hall–Kier alpha value is -3.02. The lowest BCUT2D eigenvalue weighted by atomic mass is 10.1. The molecule has 27 heavy (non-hydrogen) atoms. The van der Waals surface area contributed by atoms with E-state index in [2.05, 4.69) is 17.6 Å². The van der Waals surface area contributed by atoms with E-state index >= 15 is 0 Å². The summed E-state index contributed by atoms with van der Waals surface area (Å²) in [5, 5.41) is 23.6. The van der Waals surface area contributed by atoms with Crippen LogP contribution in [0.2, 0.25) is 0 Å². The lowest BCUT2D eigenvalue weighted by molar-refractivity contribution is -0.132. The summed E-state index contributed by atoms with van der Waals surface area (Å²) in [6.07, 6.45) is 7.14. The molecule has 2 rings (SSSR count). The monoisotopic (exact) mass is 370 g/mol. The predicted octanol–water partition coefficient (Wildman–Crippen LogP) is 4.19. The molecule has 2 aromatic rings. The quantitative estimate of drug-likeness (QED) is 0.242. The fourth-order valence-corrected chi connectivity index (χ4v) is 2.66. The molecule has 0 atom stereocenters. The van der Waals surface area contributed by atoms with Gasteiger partial charge < -0.3 is 20.8 Å². The number of aromatic hydroxyl groups is 2. The van der Waals surface area contributed by atoms with Gasteiger partial charge in [0.1, 0.15) is 0 Å². The van der Waals surface area contributed by atoms with Crippen LogP contribution in [0, 0.1) is 0 Å². The smallest absolute Gasteiger partial charge is 0.314 e. The van der Waals surface area contributed by atoms with Crippen LogP contribution in [0.1, 0.15) is 44.6 Å². The van der Waals surface area contributed by atoms with Crippen LogP contribution in [0.25, 0.3) is 0 Å². The lowest BCUT2D eigenvalue weighted by Gasteiger charge is -2.08. The van der Waals surface area contributed by atoms with Gasteiger partial charge in [-0.05, 0) is 42.7 Å². The maximum Gasteiger partial charge on any atom is 0.314 e. The van der Waals surface area contributed by atoms with Crippen molar-refractivity contribution in [3.8, 4) is 11.5 Å². The molecule has 0 fully saturated rings. The van der Waals surface area contributed by atoms with Gasteiger partial charge >= 0.3 is 11.8 Å². The third kappa shape index (κ3) is 6.66. The van der Waals surface area contributed by atoms with Crippen LogP contribution >= 0.6 is 0 Å². The van der Waals surface area contributed by atoms with Gasteiger partial charge in [0.15, 0.2) is 11.5 Å². The van der Waals surface area contributed by atoms with Crippen molar-refractivity contribution in [2.24, 2.45) is 0 Å². The van der Waals surface area contributed by atoms with E-state index in [1.54, 1.807) is 12.1 Å². The van der Waals surface area contributed by atoms with Gasteiger partial charge in [-0.3, -0.25) is 9.59 Å². The number of carbonyl (C=O) groups is 2. The average molecular weight is 370 g/mol. The minimum atomic E-state index is -0.861. The number of anilines is 2. The topological polar surface area (TPSA) is 98.7 Å². The SMILES string of the molecule is CCCCCCCc1ccc(NC(=O)C(=O)Nc2ccc(O)c(O)c2)cc1. The van der Waals surface area contributed by atoms with Gasteiger partial charge in [-0.25, -0.2) is 0 Å². The average Bonchev–Trinajstić information content (AvgIpc) is 2.66. The fourth-order valence-electron chi connectivity index (χ4n) is 2.66. The molecule has 0 aliphatic rings. The number of aryl methyl sites for hydroxylation is 1. The van der Waals surface area contributed by atoms with Crippen molar-refractivity contribution in [3.63, 3.8) is 0 Å². The van der Waals surface area contributed by atoms with E-state index in [4.69, 9.17) is 0 Å². The number of carbonyl (C=O) groups excluding carboxylic acids is 2. The molecule has 0 aliphatic heterocycles. The number of nitrogens with one attached hydrogen (secondary N) is 2. The number of benzene rings is 2. The van der Waals surface area contributed by atoms with Crippen molar-refractivity contribution in [3.05, 3.63) is 48.0 Å². The zero-order chi connectivity index (χ0) is 19.6. The normalized spacial score (nSPS) is 10.4. The minimum absolute atomic E-state index is 0.212. The Balaban J connectivity index is 1.82. The molecule has 0 radical (unpaired) electrons. The molecule has 0 heterocycles. The lowest BCUT2D eigenvalue weighted by Crippen LogP contribution is -2.29. The molecule has 6 nitrogen and oxygen atoms in total. The second-order valence-corrected chi connectivity index (χ2v) is 6.47. The van der Waals surface area contributed by atoms with E-state index in [1.165, 1.54) is 43.4 Å². The Morgan fingerprint density at radius 2 is 1.37 bits per heavy atom. The van der Waals surface area contributed by atoms with Crippen LogP contribution in [-0.4, -0.2) is 22.0 Å². The van der Waals surface area contributed by atoms with E-state index in [0.29, 0.717) is 5.69 Å². The summed E-state index contributed by atoms with van der Waals surface area (Å²) in [4.78, 5) is 23.9. The van der Waals surface area contributed by atoms with Gasteiger partial charge in [-0.1, -0.05) is 44.7 Å².